The van der Waals surface area contributed by atoms with Gasteiger partial charge in [0.2, 0.25) is 0 Å². The second-order valence-electron chi connectivity index (χ2n) is 8.23. The number of hydrogen-bond acceptors (Lipinski definition) is 4. The zero-order chi connectivity index (χ0) is 23.5. The molecule has 0 aliphatic carbocycles. The first-order valence-electron chi connectivity index (χ1n) is 11.2. The van der Waals surface area contributed by atoms with Crippen LogP contribution in [-0.4, -0.2) is 58.0 Å². The van der Waals surface area contributed by atoms with Crippen LogP contribution in [0.15, 0.2) is 72.8 Å². The number of rotatable bonds is 5. The first-order chi connectivity index (χ1) is 16.6. The number of fused-ring (bicyclic) bond motifs is 1. The lowest BCUT2D eigenvalue weighted by Gasteiger charge is -2.35. The molecule has 0 bridgehead atoms. The van der Waals surface area contributed by atoms with Gasteiger partial charge >= 0.3 is 0 Å². The SMILES string of the molecule is O=C(c1ccc(CNc2n[nH]c3ccccc23)cc1)N1CCN(C(=O)c2ccccc2F)CC1. The maximum atomic E-state index is 13.9. The highest BCUT2D eigenvalue weighted by Crippen LogP contribution is 2.20. The van der Waals surface area contributed by atoms with Gasteiger partial charge in [-0.25, -0.2) is 4.39 Å². The minimum absolute atomic E-state index is 0.0642. The van der Waals surface area contributed by atoms with Gasteiger partial charge in [0.25, 0.3) is 11.8 Å². The Bertz CT molecular complexity index is 1330. The average Bonchev–Trinajstić information content (AvgIpc) is 3.30. The highest BCUT2D eigenvalue weighted by atomic mass is 19.1. The summed E-state index contributed by atoms with van der Waals surface area (Å²) in [7, 11) is 0. The van der Waals surface area contributed by atoms with Gasteiger partial charge in [-0.2, -0.15) is 5.10 Å². The summed E-state index contributed by atoms with van der Waals surface area (Å²) in [6.07, 6.45) is 0. The van der Waals surface area contributed by atoms with E-state index in [2.05, 4.69) is 15.5 Å². The fourth-order valence-corrected chi connectivity index (χ4v) is 4.15. The highest BCUT2D eigenvalue weighted by Gasteiger charge is 2.26. The molecule has 1 aliphatic heterocycles. The smallest absolute Gasteiger partial charge is 0.256 e. The van der Waals surface area contributed by atoms with E-state index in [0.717, 1.165) is 22.3 Å². The summed E-state index contributed by atoms with van der Waals surface area (Å²) in [5.41, 5.74) is 2.67. The molecular formula is C26H24FN5O2. The van der Waals surface area contributed by atoms with Crippen molar-refractivity contribution in [1.82, 2.24) is 20.0 Å². The number of aromatic amines is 1. The lowest BCUT2D eigenvalue weighted by molar-refractivity contribution is 0.0533. The third kappa shape index (κ3) is 4.34. The molecule has 1 saturated heterocycles. The van der Waals surface area contributed by atoms with Gasteiger partial charge in [-0.1, -0.05) is 36.4 Å². The van der Waals surface area contributed by atoms with Gasteiger partial charge in [-0.05, 0) is 42.0 Å². The van der Waals surface area contributed by atoms with Crippen LogP contribution in [0.5, 0.6) is 0 Å². The van der Waals surface area contributed by atoms with E-state index in [1.165, 1.54) is 12.1 Å². The Morgan fingerprint density at radius 1 is 0.853 bits per heavy atom. The van der Waals surface area contributed by atoms with Crippen LogP contribution in [-0.2, 0) is 6.54 Å². The number of nitrogens with zero attached hydrogens (tertiary/aromatic N) is 3. The minimum atomic E-state index is -0.527. The third-order valence-electron chi connectivity index (χ3n) is 6.09. The van der Waals surface area contributed by atoms with Gasteiger partial charge in [0.1, 0.15) is 5.82 Å². The number of hydrogen-bond donors (Lipinski definition) is 2. The van der Waals surface area contributed by atoms with Crippen LogP contribution in [0.3, 0.4) is 0 Å². The molecule has 0 spiro atoms. The van der Waals surface area contributed by atoms with E-state index in [1.807, 2.05) is 48.5 Å². The van der Waals surface area contributed by atoms with Gasteiger partial charge in [-0.15, -0.1) is 0 Å². The number of aromatic nitrogens is 2. The van der Waals surface area contributed by atoms with Crippen molar-refractivity contribution in [2.24, 2.45) is 0 Å². The number of amides is 2. The number of anilines is 1. The fraction of sp³-hybridized carbons (Fsp3) is 0.192. The number of nitrogens with one attached hydrogen (secondary N) is 2. The van der Waals surface area contributed by atoms with Crippen LogP contribution in [0.2, 0.25) is 0 Å². The van der Waals surface area contributed by atoms with E-state index < -0.39 is 5.82 Å². The first kappa shape index (κ1) is 21.6. The van der Waals surface area contributed by atoms with Gasteiger partial charge in [0, 0.05) is 43.7 Å². The molecule has 1 aliphatic rings. The Hall–Kier alpha value is -4.20. The third-order valence-corrected chi connectivity index (χ3v) is 6.09. The second kappa shape index (κ2) is 9.35. The number of halogens is 1. The predicted molar refractivity (Wildman–Crippen MR) is 128 cm³/mol. The largest absolute Gasteiger partial charge is 0.364 e. The molecule has 4 aromatic rings. The summed E-state index contributed by atoms with van der Waals surface area (Å²) >= 11 is 0. The Balaban J connectivity index is 1.16. The van der Waals surface area contributed by atoms with E-state index >= 15 is 0 Å². The summed E-state index contributed by atoms with van der Waals surface area (Å²) in [5.74, 6) is -0.151. The number of benzene rings is 3. The van der Waals surface area contributed by atoms with E-state index in [0.29, 0.717) is 38.3 Å². The van der Waals surface area contributed by atoms with Crippen LogP contribution >= 0.6 is 0 Å². The van der Waals surface area contributed by atoms with Crippen molar-refractivity contribution in [1.29, 1.82) is 0 Å². The molecular weight excluding hydrogens is 433 g/mol. The monoisotopic (exact) mass is 457 g/mol. The van der Waals surface area contributed by atoms with Crippen molar-refractivity contribution in [3.63, 3.8) is 0 Å². The van der Waals surface area contributed by atoms with Crippen molar-refractivity contribution < 1.29 is 14.0 Å². The van der Waals surface area contributed by atoms with Gasteiger partial charge < -0.3 is 15.1 Å². The number of carbonyl (C=O) groups excluding carboxylic acids is 2. The van der Waals surface area contributed by atoms with Crippen LogP contribution in [0, 0.1) is 5.82 Å². The topological polar surface area (TPSA) is 81.3 Å². The maximum absolute atomic E-state index is 13.9. The summed E-state index contributed by atoms with van der Waals surface area (Å²) in [6.45, 7) is 2.15. The van der Waals surface area contributed by atoms with Gasteiger partial charge in [0.15, 0.2) is 5.82 Å². The molecule has 3 aromatic carbocycles. The van der Waals surface area contributed by atoms with Crippen LogP contribution < -0.4 is 5.32 Å². The normalized spacial score (nSPS) is 13.8. The molecule has 5 rings (SSSR count). The van der Waals surface area contributed by atoms with Crippen molar-refractivity contribution >= 4 is 28.5 Å². The molecule has 0 atom stereocenters. The van der Waals surface area contributed by atoms with Crippen LogP contribution in [0.25, 0.3) is 10.9 Å². The molecule has 8 heteroatoms. The summed E-state index contributed by atoms with van der Waals surface area (Å²) in [6, 6.07) is 21.4. The predicted octanol–water partition coefficient (Wildman–Crippen LogP) is 3.91. The summed E-state index contributed by atoms with van der Waals surface area (Å²) in [4.78, 5) is 28.9. The molecule has 2 amide bonds. The Morgan fingerprint density at radius 2 is 1.50 bits per heavy atom. The summed E-state index contributed by atoms with van der Waals surface area (Å²) < 4.78 is 13.9. The zero-order valence-corrected chi connectivity index (χ0v) is 18.5. The van der Waals surface area contributed by atoms with Crippen molar-refractivity contribution in [3.05, 3.63) is 95.3 Å². The molecule has 0 saturated carbocycles. The van der Waals surface area contributed by atoms with Crippen molar-refractivity contribution in [2.75, 3.05) is 31.5 Å². The molecule has 7 nitrogen and oxygen atoms in total. The fourth-order valence-electron chi connectivity index (χ4n) is 4.15. The van der Waals surface area contributed by atoms with E-state index in [1.54, 1.807) is 21.9 Å². The van der Waals surface area contributed by atoms with Crippen LogP contribution in [0.1, 0.15) is 26.3 Å². The van der Waals surface area contributed by atoms with E-state index in [9.17, 15) is 14.0 Å². The molecule has 0 unspecified atom stereocenters. The Morgan fingerprint density at radius 3 is 2.24 bits per heavy atom. The maximum Gasteiger partial charge on any atom is 0.256 e. The van der Waals surface area contributed by atoms with Crippen molar-refractivity contribution in [2.45, 2.75) is 6.54 Å². The lowest BCUT2D eigenvalue weighted by atomic mass is 10.1. The molecule has 172 valence electrons. The lowest BCUT2D eigenvalue weighted by Crippen LogP contribution is -2.50. The minimum Gasteiger partial charge on any atom is -0.364 e. The number of piperazine rings is 1. The van der Waals surface area contributed by atoms with Crippen molar-refractivity contribution in [3.8, 4) is 0 Å². The molecule has 2 heterocycles. The summed E-state index contributed by atoms with van der Waals surface area (Å²) in [5, 5.41) is 11.7. The molecule has 34 heavy (non-hydrogen) atoms. The van der Waals surface area contributed by atoms with E-state index in [-0.39, 0.29) is 17.4 Å². The molecule has 1 aromatic heterocycles. The van der Waals surface area contributed by atoms with E-state index in [4.69, 9.17) is 0 Å². The molecule has 0 radical (unpaired) electrons. The number of carbonyl (C=O) groups is 2. The zero-order valence-electron chi connectivity index (χ0n) is 18.5. The number of para-hydroxylation sites is 1. The number of H-pyrrole nitrogens is 1. The van der Waals surface area contributed by atoms with Gasteiger partial charge in [-0.3, -0.25) is 14.7 Å². The second-order valence-corrected chi connectivity index (χ2v) is 8.23. The van der Waals surface area contributed by atoms with Crippen LogP contribution in [0.4, 0.5) is 10.2 Å². The standard InChI is InChI=1S/C26H24FN5O2/c27-22-7-3-1-5-20(22)26(34)32-15-13-31(14-16-32)25(33)19-11-9-18(10-12-19)17-28-24-21-6-2-4-8-23(21)29-30-24/h1-12H,13-17H2,(H2,28,29,30). The quantitative estimate of drug-likeness (QED) is 0.476. The van der Waals surface area contributed by atoms with Gasteiger partial charge in [0.05, 0.1) is 11.1 Å². The highest BCUT2D eigenvalue weighted by molar-refractivity contribution is 5.96. The first-order valence-corrected chi connectivity index (χ1v) is 11.2. The Labute approximate surface area is 196 Å². The molecule has 1 fully saturated rings. The average molecular weight is 458 g/mol. The molecule has 2 N–H and O–H groups in total. The Kier molecular flexibility index (Phi) is 5.95.